The number of hydrogen-bond donors (Lipinski definition) is 0. The Morgan fingerprint density at radius 1 is 0.933 bits per heavy atom. The molecule has 5 heteroatoms. The molecule has 1 unspecified atom stereocenters. The normalized spacial score (nSPS) is 20.9. The topological polar surface area (TPSA) is 63.7 Å². The summed E-state index contributed by atoms with van der Waals surface area (Å²) in [5.74, 6) is 0.0219. The number of amides is 2. The quantitative estimate of drug-likeness (QED) is 0.556. The fourth-order valence-electron chi connectivity index (χ4n) is 4.77. The van der Waals surface area contributed by atoms with Gasteiger partial charge in [0.15, 0.2) is 5.78 Å². The Labute approximate surface area is 175 Å². The fraction of sp³-hybridized carbons (Fsp3) is 0.320. The second-order valence-corrected chi connectivity index (χ2v) is 8.35. The van der Waals surface area contributed by atoms with E-state index in [-0.39, 0.29) is 17.8 Å². The lowest BCUT2D eigenvalue weighted by molar-refractivity contribution is -0.123. The minimum atomic E-state index is -0.723. The summed E-state index contributed by atoms with van der Waals surface area (Å²) in [5, 5.41) is 0. The average molecular weight is 401 g/mol. The zero-order chi connectivity index (χ0) is 20.8. The molecule has 2 amide bonds. The Bertz CT molecular complexity index is 1100. The van der Waals surface area contributed by atoms with E-state index in [0.717, 1.165) is 23.3 Å². The molecule has 1 atom stereocenters. The van der Waals surface area contributed by atoms with E-state index in [1.54, 1.807) is 18.2 Å². The van der Waals surface area contributed by atoms with Gasteiger partial charge in [0.25, 0.3) is 11.8 Å². The first-order valence-electron chi connectivity index (χ1n) is 10.5. The summed E-state index contributed by atoms with van der Waals surface area (Å²) in [4.78, 5) is 39.9. The summed E-state index contributed by atoms with van der Waals surface area (Å²) in [7, 11) is 0. The zero-order valence-corrected chi connectivity index (χ0v) is 16.8. The van der Waals surface area contributed by atoms with Crippen LogP contribution in [0.5, 0.6) is 11.5 Å². The summed E-state index contributed by atoms with van der Waals surface area (Å²) in [6, 6.07) is 10.4. The van der Waals surface area contributed by atoms with Crippen molar-refractivity contribution in [1.82, 2.24) is 4.90 Å². The van der Waals surface area contributed by atoms with Crippen molar-refractivity contribution in [3.05, 3.63) is 70.8 Å². The molecule has 1 saturated carbocycles. The summed E-state index contributed by atoms with van der Waals surface area (Å²) in [5.41, 5.74) is 4.03. The van der Waals surface area contributed by atoms with Crippen LogP contribution >= 0.6 is 0 Å². The average Bonchev–Trinajstić information content (AvgIpc) is 2.99. The Hall–Kier alpha value is -3.21. The fourth-order valence-corrected chi connectivity index (χ4v) is 4.77. The zero-order valence-electron chi connectivity index (χ0n) is 16.8. The largest absolute Gasteiger partial charge is 0.456 e. The van der Waals surface area contributed by atoms with Gasteiger partial charge < -0.3 is 4.74 Å². The maximum Gasteiger partial charge on any atom is 0.266 e. The van der Waals surface area contributed by atoms with Crippen LogP contribution in [0.25, 0.3) is 0 Å². The van der Waals surface area contributed by atoms with Crippen molar-refractivity contribution in [2.75, 3.05) is 0 Å². The van der Waals surface area contributed by atoms with E-state index in [4.69, 9.17) is 4.74 Å². The minimum absolute atomic E-state index is 0.127. The third-order valence-electron chi connectivity index (χ3n) is 6.33. The van der Waals surface area contributed by atoms with Gasteiger partial charge >= 0.3 is 0 Å². The number of carbonyl (C=O) groups is 3. The second-order valence-electron chi connectivity index (χ2n) is 8.35. The van der Waals surface area contributed by atoms with E-state index >= 15 is 0 Å². The maximum absolute atomic E-state index is 13.2. The Morgan fingerprint density at radius 2 is 1.73 bits per heavy atom. The molecule has 0 spiro atoms. The van der Waals surface area contributed by atoms with Crippen LogP contribution < -0.4 is 4.74 Å². The molecule has 1 aliphatic heterocycles. The molecule has 2 aliphatic carbocycles. The highest BCUT2D eigenvalue weighted by atomic mass is 16.5. The summed E-state index contributed by atoms with van der Waals surface area (Å²) in [6.45, 7) is 3.87. The first-order chi connectivity index (χ1) is 14.5. The molecule has 3 aliphatic rings. The first-order valence-corrected chi connectivity index (χ1v) is 10.5. The summed E-state index contributed by atoms with van der Waals surface area (Å²) >= 11 is 0. The number of ketones is 1. The van der Waals surface area contributed by atoms with Gasteiger partial charge in [-0.25, -0.2) is 0 Å². The SMILES string of the molecule is C=C1CCC(N2C(=O)c3cccc(Oc4ccc5c(c4)CCCC5)c3C2=O)C(=O)C1. The van der Waals surface area contributed by atoms with E-state index in [9.17, 15) is 14.4 Å². The highest BCUT2D eigenvalue weighted by molar-refractivity contribution is 6.24. The van der Waals surface area contributed by atoms with Gasteiger partial charge in [-0.3, -0.25) is 19.3 Å². The molecule has 0 N–H and O–H groups in total. The molecule has 5 nitrogen and oxygen atoms in total. The van der Waals surface area contributed by atoms with Crippen LogP contribution in [-0.4, -0.2) is 28.5 Å². The summed E-state index contributed by atoms with van der Waals surface area (Å²) < 4.78 is 6.09. The van der Waals surface area contributed by atoms with Crippen molar-refractivity contribution < 1.29 is 19.1 Å². The van der Waals surface area contributed by atoms with Gasteiger partial charge in [0.05, 0.1) is 17.2 Å². The molecule has 1 fully saturated rings. The predicted octanol–water partition coefficient (Wildman–Crippen LogP) is 4.63. The number of allylic oxidation sites excluding steroid dienone is 1. The first kappa shape index (κ1) is 18.8. The number of aryl methyl sites for hydroxylation is 2. The number of carbonyl (C=O) groups excluding carboxylic acids is 3. The lowest BCUT2D eigenvalue weighted by atomic mass is 9.89. The van der Waals surface area contributed by atoms with Crippen LogP contribution in [0.3, 0.4) is 0 Å². The van der Waals surface area contributed by atoms with Crippen LogP contribution in [0, 0.1) is 0 Å². The molecular weight excluding hydrogens is 378 g/mol. The molecular formula is C25H23NO4. The molecule has 2 aromatic carbocycles. The van der Waals surface area contributed by atoms with Crippen LogP contribution in [0.2, 0.25) is 0 Å². The van der Waals surface area contributed by atoms with Crippen molar-refractivity contribution in [2.45, 2.75) is 51.0 Å². The van der Waals surface area contributed by atoms with Crippen molar-refractivity contribution >= 4 is 17.6 Å². The monoisotopic (exact) mass is 401 g/mol. The van der Waals surface area contributed by atoms with Gasteiger partial charge in [0.2, 0.25) is 0 Å². The molecule has 0 radical (unpaired) electrons. The minimum Gasteiger partial charge on any atom is -0.456 e. The van der Waals surface area contributed by atoms with Crippen molar-refractivity contribution in [1.29, 1.82) is 0 Å². The van der Waals surface area contributed by atoms with Gasteiger partial charge in [0, 0.05) is 6.42 Å². The number of nitrogens with zero attached hydrogens (tertiary/aromatic N) is 1. The second kappa shape index (κ2) is 7.24. The lowest BCUT2D eigenvalue weighted by Gasteiger charge is -2.29. The van der Waals surface area contributed by atoms with E-state index in [2.05, 4.69) is 12.6 Å². The van der Waals surface area contributed by atoms with Crippen molar-refractivity contribution in [3.8, 4) is 11.5 Å². The van der Waals surface area contributed by atoms with Gasteiger partial charge in [-0.1, -0.05) is 24.3 Å². The van der Waals surface area contributed by atoms with Gasteiger partial charge in [-0.15, -0.1) is 0 Å². The van der Waals surface area contributed by atoms with Gasteiger partial charge in [-0.05, 0) is 73.9 Å². The molecule has 2 aromatic rings. The molecule has 152 valence electrons. The Morgan fingerprint density at radius 3 is 2.53 bits per heavy atom. The Kier molecular flexibility index (Phi) is 4.54. The number of Topliss-reactive ketones (excluding diaryl/α,β-unsaturated/α-hetero) is 1. The summed E-state index contributed by atoms with van der Waals surface area (Å²) in [6.07, 6.45) is 5.78. The molecule has 1 heterocycles. The molecule has 0 aromatic heterocycles. The van der Waals surface area contributed by atoms with E-state index in [0.29, 0.717) is 29.9 Å². The van der Waals surface area contributed by atoms with Gasteiger partial charge in [0.1, 0.15) is 11.5 Å². The molecule has 30 heavy (non-hydrogen) atoms. The van der Waals surface area contributed by atoms with E-state index < -0.39 is 17.9 Å². The van der Waals surface area contributed by atoms with Crippen LogP contribution in [0.1, 0.15) is 63.9 Å². The van der Waals surface area contributed by atoms with Crippen LogP contribution in [0.4, 0.5) is 0 Å². The number of benzene rings is 2. The number of fused-ring (bicyclic) bond motifs is 2. The molecule has 0 saturated heterocycles. The maximum atomic E-state index is 13.2. The van der Waals surface area contributed by atoms with Crippen molar-refractivity contribution in [2.24, 2.45) is 0 Å². The molecule has 5 rings (SSSR count). The molecule has 0 bridgehead atoms. The van der Waals surface area contributed by atoms with E-state index in [1.165, 1.54) is 24.0 Å². The third-order valence-corrected chi connectivity index (χ3v) is 6.33. The third kappa shape index (κ3) is 3.05. The van der Waals surface area contributed by atoms with Crippen LogP contribution in [0.15, 0.2) is 48.6 Å². The van der Waals surface area contributed by atoms with Crippen molar-refractivity contribution in [3.63, 3.8) is 0 Å². The van der Waals surface area contributed by atoms with Gasteiger partial charge in [-0.2, -0.15) is 0 Å². The smallest absolute Gasteiger partial charge is 0.266 e. The standard InChI is InChI=1S/C25H23NO4/c1-15-9-12-20(21(27)13-15)26-24(28)19-7-4-8-22(23(19)25(26)29)30-18-11-10-16-5-2-3-6-17(16)14-18/h4,7-8,10-11,14,20H,1-3,5-6,9,12-13H2. The van der Waals surface area contributed by atoms with E-state index in [1.807, 2.05) is 12.1 Å². The van der Waals surface area contributed by atoms with Crippen LogP contribution in [-0.2, 0) is 17.6 Å². The lowest BCUT2D eigenvalue weighted by Crippen LogP contribution is -2.46. The number of ether oxygens (including phenoxy) is 1. The number of imide groups is 1. The number of hydrogen-bond acceptors (Lipinski definition) is 4. The highest BCUT2D eigenvalue weighted by Gasteiger charge is 2.45. The highest BCUT2D eigenvalue weighted by Crippen LogP contribution is 2.37. The number of rotatable bonds is 3. The Balaban J connectivity index is 1.46. The predicted molar refractivity (Wildman–Crippen MR) is 112 cm³/mol.